The Morgan fingerprint density at radius 1 is 1.21 bits per heavy atom. The van der Waals surface area contributed by atoms with Crippen molar-refractivity contribution < 1.29 is 14.2 Å². The van der Waals surface area contributed by atoms with Crippen LogP contribution >= 0.6 is 11.3 Å². The van der Waals surface area contributed by atoms with E-state index < -0.39 is 0 Å². The molecule has 6 heteroatoms. The van der Waals surface area contributed by atoms with E-state index in [1.807, 2.05) is 18.2 Å². The highest BCUT2D eigenvalue weighted by atomic mass is 32.1. The van der Waals surface area contributed by atoms with E-state index in [1.165, 1.54) is 11.3 Å². The maximum Gasteiger partial charge on any atom is 0.274 e. The van der Waals surface area contributed by atoms with Crippen LogP contribution in [0.3, 0.4) is 0 Å². The number of hydrogen-bond donors (Lipinski definition) is 1. The third-order valence-corrected chi connectivity index (χ3v) is 3.41. The highest BCUT2D eigenvalue weighted by Gasteiger charge is 2.04. The summed E-state index contributed by atoms with van der Waals surface area (Å²) in [4.78, 5) is 4.38. The molecule has 2 N–H and O–H groups in total. The number of benzene rings is 1. The quantitative estimate of drug-likeness (QED) is 0.594. The summed E-state index contributed by atoms with van der Waals surface area (Å²) in [6.07, 6.45) is 0.835. The molecular formula is C13H18N2O3S. The highest BCUT2D eigenvalue weighted by Crippen LogP contribution is 2.29. The van der Waals surface area contributed by atoms with Gasteiger partial charge in [0.1, 0.15) is 0 Å². The number of nitrogens with two attached hydrogens (primary N) is 1. The molecule has 0 saturated carbocycles. The Bertz CT molecular complexity index is 516. The van der Waals surface area contributed by atoms with Crippen LogP contribution in [0.4, 0.5) is 5.69 Å². The van der Waals surface area contributed by atoms with E-state index in [0.717, 1.165) is 22.3 Å². The van der Waals surface area contributed by atoms with Crippen LogP contribution in [0.2, 0.25) is 0 Å². The number of rotatable bonds is 8. The second-order valence-electron chi connectivity index (χ2n) is 4.01. The van der Waals surface area contributed by atoms with Crippen molar-refractivity contribution in [3.05, 3.63) is 18.2 Å². The minimum absolute atomic E-state index is 0.599. The van der Waals surface area contributed by atoms with Gasteiger partial charge < -0.3 is 19.9 Å². The number of methoxy groups -OCH3 is 1. The molecule has 19 heavy (non-hydrogen) atoms. The first kappa shape index (κ1) is 14.0. The summed E-state index contributed by atoms with van der Waals surface area (Å²) in [5, 5.41) is 0.678. The zero-order valence-electron chi connectivity index (χ0n) is 10.9. The third kappa shape index (κ3) is 4.34. The van der Waals surface area contributed by atoms with Gasteiger partial charge in [0.2, 0.25) is 0 Å². The van der Waals surface area contributed by atoms with Gasteiger partial charge in [-0.25, -0.2) is 4.98 Å². The molecule has 0 aliphatic heterocycles. The van der Waals surface area contributed by atoms with Crippen LogP contribution in [-0.2, 0) is 9.47 Å². The van der Waals surface area contributed by atoms with Crippen LogP contribution < -0.4 is 10.5 Å². The molecule has 0 fully saturated rings. The Labute approximate surface area is 116 Å². The van der Waals surface area contributed by atoms with E-state index in [9.17, 15) is 0 Å². The summed E-state index contributed by atoms with van der Waals surface area (Å²) in [6.45, 7) is 2.51. The van der Waals surface area contributed by atoms with E-state index in [0.29, 0.717) is 31.6 Å². The van der Waals surface area contributed by atoms with Crippen molar-refractivity contribution in [2.75, 3.05) is 39.3 Å². The minimum atomic E-state index is 0.599. The van der Waals surface area contributed by atoms with Crippen molar-refractivity contribution in [2.24, 2.45) is 0 Å². The lowest BCUT2D eigenvalue weighted by Gasteiger charge is -2.03. The monoisotopic (exact) mass is 282 g/mol. The van der Waals surface area contributed by atoms with Crippen LogP contribution in [-0.4, -0.2) is 38.5 Å². The average molecular weight is 282 g/mol. The van der Waals surface area contributed by atoms with Crippen molar-refractivity contribution in [3.63, 3.8) is 0 Å². The second kappa shape index (κ2) is 7.28. The fraction of sp³-hybridized carbons (Fsp3) is 0.462. The van der Waals surface area contributed by atoms with Crippen LogP contribution in [0.15, 0.2) is 18.2 Å². The number of ether oxygens (including phenoxy) is 3. The van der Waals surface area contributed by atoms with Gasteiger partial charge in [0.25, 0.3) is 5.19 Å². The number of aromatic nitrogens is 1. The molecule has 0 unspecified atom stereocenters. The van der Waals surface area contributed by atoms with E-state index in [-0.39, 0.29) is 0 Å². The van der Waals surface area contributed by atoms with Gasteiger partial charge in [0, 0.05) is 25.8 Å². The molecule has 0 radical (unpaired) electrons. The van der Waals surface area contributed by atoms with Gasteiger partial charge in [-0.05, 0) is 18.2 Å². The molecule has 0 saturated heterocycles. The standard InChI is InChI=1S/C13H18N2O3S/c1-16-7-8-17-5-2-6-18-13-15-11-4-3-10(14)9-12(11)19-13/h3-4,9H,2,5-8,14H2,1H3. The molecule has 1 heterocycles. The average Bonchev–Trinajstić information content (AvgIpc) is 2.79. The first-order valence-electron chi connectivity index (χ1n) is 6.15. The number of nitrogen functional groups attached to an aromatic ring is 1. The van der Waals surface area contributed by atoms with Crippen LogP contribution in [0.1, 0.15) is 6.42 Å². The van der Waals surface area contributed by atoms with Crippen molar-refractivity contribution in [2.45, 2.75) is 6.42 Å². The van der Waals surface area contributed by atoms with Gasteiger partial charge in [0.15, 0.2) is 0 Å². The van der Waals surface area contributed by atoms with Crippen molar-refractivity contribution in [1.29, 1.82) is 0 Å². The third-order valence-electron chi connectivity index (χ3n) is 2.48. The number of thiazole rings is 1. The molecule has 2 aromatic rings. The highest BCUT2D eigenvalue weighted by molar-refractivity contribution is 7.20. The van der Waals surface area contributed by atoms with E-state index in [4.69, 9.17) is 19.9 Å². The minimum Gasteiger partial charge on any atom is -0.470 e. The Morgan fingerprint density at radius 2 is 2.11 bits per heavy atom. The first-order valence-corrected chi connectivity index (χ1v) is 6.97. The smallest absolute Gasteiger partial charge is 0.274 e. The Balaban J connectivity index is 1.72. The molecule has 104 valence electrons. The Morgan fingerprint density at radius 3 is 2.95 bits per heavy atom. The summed E-state index contributed by atoms with van der Waals surface area (Å²) in [6, 6.07) is 5.66. The normalized spacial score (nSPS) is 11.0. The summed E-state index contributed by atoms with van der Waals surface area (Å²) < 4.78 is 16.9. The lowest BCUT2D eigenvalue weighted by Crippen LogP contribution is -2.06. The predicted octanol–water partition coefficient (Wildman–Crippen LogP) is 2.31. The fourth-order valence-electron chi connectivity index (χ4n) is 1.55. The van der Waals surface area contributed by atoms with Gasteiger partial charge >= 0.3 is 0 Å². The lowest BCUT2D eigenvalue weighted by molar-refractivity contribution is 0.0644. The van der Waals surface area contributed by atoms with Gasteiger partial charge in [-0.15, -0.1) is 0 Å². The predicted molar refractivity (Wildman–Crippen MR) is 76.8 cm³/mol. The molecule has 0 atom stereocenters. The Kier molecular flexibility index (Phi) is 5.38. The van der Waals surface area contributed by atoms with Crippen molar-refractivity contribution in [3.8, 4) is 5.19 Å². The molecule has 0 bridgehead atoms. The van der Waals surface area contributed by atoms with E-state index in [1.54, 1.807) is 7.11 Å². The van der Waals surface area contributed by atoms with Crippen molar-refractivity contribution >= 4 is 27.2 Å². The maximum absolute atomic E-state index is 5.72. The zero-order chi connectivity index (χ0) is 13.5. The topological polar surface area (TPSA) is 66.6 Å². The van der Waals surface area contributed by atoms with Crippen LogP contribution in [0, 0.1) is 0 Å². The number of nitrogens with zero attached hydrogens (tertiary/aromatic N) is 1. The second-order valence-corrected chi connectivity index (χ2v) is 5.01. The number of hydrogen-bond acceptors (Lipinski definition) is 6. The molecule has 0 aliphatic carbocycles. The van der Waals surface area contributed by atoms with Gasteiger partial charge in [0.05, 0.1) is 30.0 Å². The Hall–Kier alpha value is -1.37. The molecule has 5 nitrogen and oxygen atoms in total. The van der Waals surface area contributed by atoms with Crippen molar-refractivity contribution in [1.82, 2.24) is 4.98 Å². The van der Waals surface area contributed by atoms with Crippen LogP contribution in [0.5, 0.6) is 5.19 Å². The largest absolute Gasteiger partial charge is 0.470 e. The SMILES string of the molecule is COCCOCCCOc1nc2ccc(N)cc2s1. The van der Waals surface area contributed by atoms with Gasteiger partial charge in [-0.2, -0.15) is 0 Å². The molecule has 2 rings (SSSR count). The van der Waals surface area contributed by atoms with Gasteiger partial charge in [-0.3, -0.25) is 0 Å². The first-order chi connectivity index (χ1) is 9.29. The summed E-state index contributed by atoms with van der Waals surface area (Å²) in [7, 11) is 1.66. The zero-order valence-corrected chi connectivity index (χ0v) is 11.7. The lowest BCUT2D eigenvalue weighted by atomic mass is 10.3. The number of anilines is 1. The summed E-state index contributed by atoms with van der Waals surface area (Å²) >= 11 is 1.51. The van der Waals surface area contributed by atoms with E-state index in [2.05, 4.69) is 4.98 Å². The maximum atomic E-state index is 5.72. The summed E-state index contributed by atoms with van der Waals surface area (Å²) in [5.74, 6) is 0. The molecule has 0 amide bonds. The molecule has 0 spiro atoms. The fourth-order valence-corrected chi connectivity index (χ4v) is 2.43. The van der Waals surface area contributed by atoms with Gasteiger partial charge in [-0.1, -0.05) is 11.3 Å². The molecule has 0 aliphatic rings. The molecular weight excluding hydrogens is 264 g/mol. The number of fused-ring (bicyclic) bond motifs is 1. The molecule has 1 aromatic heterocycles. The molecule has 1 aromatic carbocycles. The van der Waals surface area contributed by atoms with E-state index >= 15 is 0 Å². The van der Waals surface area contributed by atoms with Crippen LogP contribution in [0.25, 0.3) is 10.2 Å². The summed E-state index contributed by atoms with van der Waals surface area (Å²) in [5.41, 5.74) is 7.39.